The number of thiazole rings is 1. The molecular formula is C13H10F3NO2S. The maximum atomic E-state index is 12.1. The second-order valence-corrected chi connectivity index (χ2v) is 5.07. The lowest BCUT2D eigenvalue weighted by molar-refractivity contribution is -0.134. The van der Waals surface area contributed by atoms with Gasteiger partial charge in [0, 0.05) is 23.8 Å². The average Bonchev–Trinajstić information content (AvgIpc) is 2.84. The zero-order valence-electron chi connectivity index (χ0n) is 10.1. The minimum Gasteiger partial charge on any atom is -0.478 e. The minimum atomic E-state index is -4.19. The second-order valence-electron chi connectivity index (χ2n) is 4.12. The number of aromatic carboxylic acids is 1. The maximum absolute atomic E-state index is 12.1. The summed E-state index contributed by atoms with van der Waals surface area (Å²) in [6, 6.07) is 6.05. The van der Waals surface area contributed by atoms with Crippen LogP contribution in [-0.4, -0.2) is 22.2 Å². The number of hydrogen-bond donors (Lipinski definition) is 1. The van der Waals surface area contributed by atoms with Crippen LogP contribution in [0, 0.1) is 0 Å². The Hall–Kier alpha value is -1.89. The highest BCUT2D eigenvalue weighted by Crippen LogP contribution is 2.26. The van der Waals surface area contributed by atoms with E-state index >= 15 is 0 Å². The Morgan fingerprint density at radius 2 is 1.90 bits per heavy atom. The first-order valence-electron chi connectivity index (χ1n) is 5.70. The molecule has 1 N–H and O–H groups in total. The van der Waals surface area contributed by atoms with Gasteiger partial charge in [-0.25, -0.2) is 9.78 Å². The lowest BCUT2D eigenvalue weighted by Gasteiger charge is -2.03. The Balaban J connectivity index is 2.10. The summed E-state index contributed by atoms with van der Waals surface area (Å²) in [5.74, 6) is -1.03. The van der Waals surface area contributed by atoms with Crippen molar-refractivity contribution in [2.45, 2.75) is 19.0 Å². The molecule has 7 heteroatoms. The van der Waals surface area contributed by atoms with E-state index in [-0.39, 0.29) is 12.0 Å². The van der Waals surface area contributed by atoms with Crippen molar-refractivity contribution < 1.29 is 23.1 Å². The first kappa shape index (κ1) is 14.5. The number of benzene rings is 1. The van der Waals surface area contributed by atoms with E-state index in [4.69, 9.17) is 5.11 Å². The van der Waals surface area contributed by atoms with E-state index in [1.54, 1.807) is 17.5 Å². The molecule has 0 radical (unpaired) electrons. The molecule has 0 aliphatic heterocycles. The number of nitrogens with zero attached hydrogens (tertiary/aromatic N) is 1. The quantitative estimate of drug-likeness (QED) is 0.928. The lowest BCUT2D eigenvalue weighted by atomic mass is 10.1. The fourth-order valence-corrected chi connectivity index (χ4v) is 2.40. The van der Waals surface area contributed by atoms with Gasteiger partial charge in [0.1, 0.15) is 0 Å². The molecule has 0 spiro atoms. The van der Waals surface area contributed by atoms with Crippen molar-refractivity contribution in [2.75, 3.05) is 0 Å². The average molecular weight is 301 g/mol. The molecule has 0 saturated carbocycles. The second kappa shape index (κ2) is 5.62. The molecule has 0 aliphatic rings. The summed E-state index contributed by atoms with van der Waals surface area (Å²) in [7, 11) is 0. The fraction of sp³-hybridized carbons (Fsp3) is 0.231. The van der Waals surface area contributed by atoms with Crippen molar-refractivity contribution in [2.24, 2.45) is 0 Å². The molecule has 106 valence electrons. The third-order valence-corrected chi connectivity index (χ3v) is 3.51. The Bertz CT molecular complexity index is 605. The van der Waals surface area contributed by atoms with Gasteiger partial charge in [-0.3, -0.25) is 0 Å². The normalized spacial score (nSPS) is 11.6. The minimum absolute atomic E-state index is 0.138. The summed E-state index contributed by atoms with van der Waals surface area (Å²) >= 11 is 1.17. The smallest absolute Gasteiger partial charge is 0.389 e. The van der Waals surface area contributed by atoms with Crippen LogP contribution in [0.1, 0.15) is 21.8 Å². The highest BCUT2D eigenvalue weighted by molar-refractivity contribution is 7.09. The number of hydrogen-bond acceptors (Lipinski definition) is 3. The van der Waals surface area contributed by atoms with Crippen molar-refractivity contribution in [3.8, 4) is 11.3 Å². The van der Waals surface area contributed by atoms with Gasteiger partial charge in [0.15, 0.2) is 0 Å². The number of carbonyl (C=O) groups is 1. The van der Waals surface area contributed by atoms with Crippen molar-refractivity contribution >= 4 is 17.3 Å². The molecule has 1 aromatic heterocycles. The van der Waals surface area contributed by atoms with Crippen LogP contribution in [0.15, 0.2) is 29.6 Å². The molecule has 20 heavy (non-hydrogen) atoms. The fourth-order valence-electron chi connectivity index (χ4n) is 1.59. The van der Waals surface area contributed by atoms with Crippen LogP contribution in [0.25, 0.3) is 11.3 Å². The largest absolute Gasteiger partial charge is 0.478 e. The number of carboxylic acids is 1. The van der Waals surface area contributed by atoms with E-state index < -0.39 is 18.6 Å². The van der Waals surface area contributed by atoms with E-state index in [1.807, 2.05) is 0 Å². The molecular weight excluding hydrogens is 291 g/mol. The van der Waals surface area contributed by atoms with Crippen molar-refractivity contribution in [1.82, 2.24) is 4.98 Å². The van der Waals surface area contributed by atoms with Gasteiger partial charge in [-0.15, -0.1) is 11.3 Å². The molecule has 1 aromatic carbocycles. The first-order valence-corrected chi connectivity index (χ1v) is 6.58. The standard InChI is InChI=1S/C13H10F3NO2S/c14-13(15,16)6-5-11-17-10(7-20-11)8-1-3-9(4-2-8)12(18)19/h1-4,7H,5-6H2,(H,18,19). The lowest BCUT2D eigenvalue weighted by Crippen LogP contribution is -2.08. The van der Waals surface area contributed by atoms with Gasteiger partial charge in [0.2, 0.25) is 0 Å². The summed E-state index contributed by atoms with van der Waals surface area (Å²) in [6.45, 7) is 0. The van der Waals surface area contributed by atoms with Crippen LogP contribution < -0.4 is 0 Å². The molecule has 1 heterocycles. The van der Waals surface area contributed by atoms with Gasteiger partial charge < -0.3 is 5.11 Å². The van der Waals surface area contributed by atoms with Crippen molar-refractivity contribution in [3.05, 3.63) is 40.2 Å². The third kappa shape index (κ3) is 3.80. The molecule has 0 atom stereocenters. The molecule has 0 fully saturated rings. The van der Waals surface area contributed by atoms with Crippen LogP contribution >= 0.6 is 11.3 Å². The topological polar surface area (TPSA) is 50.2 Å². The van der Waals surface area contributed by atoms with Crippen LogP contribution in [0.2, 0.25) is 0 Å². The first-order chi connectivity index (χ1) is 9.35. The van der Waals surface area contributed by atoms with E-state index in [0.717, 1.165) is 0 Å². The number of aromatic nitrogens is 1. The van der Waals surface area contributed by atoms with E-state index in [2.05, 4.69) is 4.98 Å². The number of carboxylic acid groups (broad SMARTS) is 1. The van der Waals surface area contributed by atoms with Gasteiger partial charge in [-0.2, -0.15) is 13.2 Å². The Labute approximate surface area is 116 Å². The van der Waals surface area contributed by atoms with Gasteiger partial charge in [-0.05, 0) is 12.1 Å². The highest BCUT2D eigenvalue weighted by atomic mass is 32.1. The van der Waals surface area contributed by atoms with Crippen LogP contribution in [0.4, 0.5) is 13.2 Å². The van der Waals surface area contributed by atoms with Gasteiger partial charge in [0.25, 0.3) is 0 Å². The summed E-state index contributed by atoms with van der Waals surface area (Å²) in [5, 5.41) is 10.9. The summed E-state index contributed by atoms with van der Waals surface area (Å²) in [4.78, 5) is 14.8. The number of halogens is 3. The molecule has 3 nitrogen and oxygen atoms in total. The number of rotatable bonds is 4. The van der Waals surface area contributed by atoms with Crippen molar-refractivity contribution in [1.29, 1.82) is 0 Å². The third-order valence-electron chi connectivity index (χ3n) is 2.60. The molecule has 2 aromatic rings. The molecule has 0 aliphatic carbocycles. The maximum Gasteiger partial charge on any atom is 0.389 e. The Kier molecular flexibility index (Phi) is 4.08. The highest BCUT2D eigenvalue weighted by Gasteiger charge is 2.27. The van der Waals surface area contributed by atoms with E-state index in [0.29, 0.717) is 16.3 Å². The predicted octanol–water partition coefficient (Wildman–Crippen LogP) is 4.00. The zero-order valence-corrected chi connectivity index (χ0v) is 11.0. The monoisotopic (exact) mass is 301 g/mol. The summed E-state index contributed by atoms with van der Waals surface area (Å²) in [5.41, 5.74) is 1.40. The molecule has 2 rings (SSSR count). The van der Waals surface area contributed by atoms with E-state index in [1.165, 1.54) is 23.5 Å². The number of alkyl halides is 3. The summed E-state index contributed by atoms with van der Waals surface area (Å²) in [6.07, 6.45) is -5.21. The summed E-state index contributed by atoms with van der Waals surface area (Å²) < 4.78 is 36.3. The Morgan fingerprint density at radius 1 is 1.25 bits per heavy atom. The predicted molar refractivity (Wildman–Crippen MR) is 68.9 cm³/mol. The van der Waals surface area contributed by atoms with Gasteiger partial charge >= 0.3 is 12.1 Å². The van der Waals surface area contributed by atoms with Gasteiger partial charge in [0.05, 0.1) is 16.3 Å². The Morgan fingerprint density at radius 3 is 2.45 bits per heavy atom. The van der Waals surface area contributed by atoms with Crippen LogP contribution in [-0.2, 0) is 6.42 Å². The van der Waals surface area contributed by atoms with Crippen LogP contribution in [0.3, 0.4) is 0 Å². The molecule has 0 saturated heterocycles. The van der Waals surface area contributed by atoms with Gasteiger partial charge in [-0.1, -0.05) is 12.1 Å². The van der Waals surface area contributed by atoms with Crippen LogP contribution in [0.5, 0.6) is 0 Å². The molecule has 0 bridgehead atoms. The van der Waals surface area contributed by atoms with Crippen molar-refractivity contribution in [3.63, 3.8) is 0 Å². The van der Waals surface area contributed by atoms with E-state index in [9.17, 15) is 18.0 Å². The zero-order chi connectivity index (χ0) is 14.8. The SMILES string of the molecule is O=C(O)c1ccc(-c2csc(CCC(F)(F)F)n2)cc1. The number of aryl methyl sites for hydroxylation is 1. The molecule has 0 unspecified atom stereocenters. The molecule has 0 amide bonds.